The average molecular weight is 334 g/mol. The van der Waals surface area contributed by atoms with Crippen LogP contribution in [0.5, 0.6) is 0 Å². The Labute approximate surface area is 139 Å². The molecule has 0 saturated carbocycles. The largest absolute Gasteiger partial charge is 0.366 e. The minimum Gasteiger partial charge on any atom is -0.366 e. The van der Waals surface area contributed by atoms with Crippen molar-refractivity contribution < 1.29 is 9.18 Å². The van der Waals surface area contributed by atoms with Gasteiger partial charge >= 0.3 is 0 Å². The maximum absolute atomic E-state index is 13.8. The fourth-order valence-corrected chi connectivity index (χ4v) is 3.45. The molecule has 1 aromatic carbocycles. The first-order chi connectivity index (χ1) is 11.1. The number of hydrogen-bond donors (Lipinski definition) is 0. The van der Waals surface area contributed by atoms with Crippen LogP contribution in [0.25, 0.3) is 0 Å². The number of aryl methyl sites for hydroxylation is 1. The van der Waals surface area contributed by atoms with Crippen molar-refractivity contribution in [3.05, 3.63) is 42.5 Å². The quantitative estimate of drug-likeness (QED) is 0.802. The van der Waals surface area contributed by atoms with Crippen molar-refractivity contribution in [1.82, 2.24) is 14.5 Å². The number of anilines is 1. The number of aromatic nitrogens is 2. The minimum absolute atomic E-state index is 0.103. The van der Waals surface area contributed by atoms with Gasteiger partial charge in [-0.25, -0.2) is 9.37 Å². The second kappa shape index (κ2) is 7.04. The molecule has 0 atom stereocenters. The van der Waals surface area contributed by atoms with E-state index in [9.17, 15) is 9.18 Å². The molecule has 1 amide bonds. The summed E-state index contributed by atoms with van der Waals surface area (Å²) in [6, 6.07) is 6.77. The highest BCUT2D eigenvalue weighted by Crippen LogP contribution is 2.21. The summed E-state index contributed by atoms with van der Waals surface area (Å²) in [5, 5.41) is 0.836. The molecule has 1 aromatic heterocycles. The van der Waals surface area contributed by atoms with Crippen LogP contribution in [0.4, 0.5) is 10.1 Å². The number of imidazole rings is 1. The van der Waals surface area contributed by atoms with E-state index >= 15 is 0 Å². The molecule has 1 fully saturated rings. The first kappa shape index (κ1) is 15.9. The number of thioether (sulfide) groups is 1. The van der Waals surface area contributed by atoms with E-state index < -0.39 is 0 Å². The van der Waals surface area contributed by atoms with Crippen molar-refractivity contribution in [3.63, 3.8) is 0 Å². The molecule has 0 radical (unpaired) electrons. The SMILES string of the molecule is Cn1ccnc1SCC(=O)N1CCN(c2ccccc2F)CC1. The molecule has 23 heavy (non-hydrogen) atoms. The zero-order chi connectivity index (χ0) is 16.2. The van der Waals surface area contributed by atoms with Crippen molar-refractivity contribution in [2.75, 3.05) is 36.8 Å². The van der Waals surface area contributed by atoms with E-state index in [1.54, 1.807) is 18.3 Å². The summed E-state index contributed by atoms with van der Waals surface area (Å²) in [5.74, 6) is 0.272. The molecule has 1 aliphatic rings. The molecule has 3 rings (SSSR count). The van der Waals surface area contributed by atoms with Crippen molar-refractivity contribution in [1.29, 1.82) is 0 Å². The zero-order valence-corrected chi connectivity index (χ0v) is 13.8. The highest BCUT2D eigenvalue weighted by Gasteiger charge is 2.22. The average Bonchev–Trinajstić information content (AvgIpc) is 2.98. The summed E-state index contributed by atoms with van der Waals surface area (Å²) < 4.78 is 15.7. The maximum atomic E-state index is 13.8. The van der Waals surface area contributed by atoms with Gasteiger partial charge in [0.2, 0.25) is 5.91 Å². The summed E-state index contributed by atoms with van der Waals surface area (Å²) in [6.45, 7) is 2.54. The first-order valence-electron chi connectivity index (χ1n) is 7.52. The number of carbonyl (C=O) groups is 1. The molecule has 0 unspecified atom stereocenters. The van der Waals surface area contributed by atoms with Crippen LogP contribution in [-0.2, 0) is 11.8 Å². The number of carbonyl (C=O) groups excluding carboxylic acids is 1. The van der Waals surface area contributed by atoms with Crippen LogP contribution >= 0.6 is 11.8 Å². The Hall–Kier alpha value is -2.02. The molecule has 7 heteroatoms. The van der Waals surface area contributed by atoms with Gasteiger partial charge in [0, 0.05) is 45.6 Å². The Morgan fingerprint density at radius 1 is 1.26 bits per heavy atom. The fourth-order valence-electron chi connectivity index (χ4n) is 2.61. The van der Waals surface area contributed by atoms with Gasteiger partial charge in [-0.05, 0) is 12.1 Å². The van der Waals surface area contributed by atoms with Crippen LogP contribution in [0.1, 0.15) is 0 Å². The third-order valence-corrected chi connectivity index (χ3v) is 4.97. The number of amides is 1. The van der Waals surface area contributed by atoms with Crippen LogP contribution in [-0.4, -0.2) is 52.3 Å². The third kappa shape index (κ3) is 3.67. The number of halogens is 1. The number of rotatable bonds is 4. The second-order valence-electron chi connectivity index (χ2n) is 5.43. The lowest BCUT2D eigenvalue weighted by atomic mass is 10.2. The van der Waals surface area contributed by atoms with Crippen molar-refractivity contribution >= 4 is 23.4 Å². The summed E-state index contributed by atoms with van der Waals surface area (Å²) in [6.07, 6.45) is 3.58. The molecule has 0 bridgehead atoms. The Balaban J connectivity index is 1.51. The van der Waals surface area contributed by atoms with Crippen molar-refractivity contribution in [2.45, 2.75) is 5.16 Å². The standard InChI is InChI=1S/C16H19FN4OS/c1-19-7-6-18-16(19)23-12-15(22)21-10-8-20(9-11-21)14-5-3-2-4-13(14)17/h2-7H,8-12H2,1H3. The molecule has 2 aromatic rings. The van der Waals surface area contributed by atoms with Gasteiger partial charge in [0.15, 0.2) is 5.16 Å². The van der Waals surface area contributed by atoms with Crippen LogP contribution < -0.4 is 4.90 Å². The van der Waals surface area contributed by atoms with E-state index in [1.165, 1.54) is 17.8 Å². The monoisotopic (exact) mass is 334 g/mol. The lowest BCUT2D eigenvalue weighted by Gasteiger charge is -2.36. The van der Waals surface area contributed by atoms with Gasteiger partial charge in [0.1, 0.15) is 5.82 Å². The molecule has 0 spiro atoms. The predicted octanol–water partition coefficient (Wildman–Crippen LogP) is 2.00. The Kier molecular flexibility index (Phi) is 4.85. The molecular weight excluding hydrogens is 315 g/mol. The van der Waals surface area contributed by atoms with Crippen molar-refractivity contribution in [3.8, 4) is 0 Å². The van der Waals surface area contributed by atoms with Gasteiger partial charge in [-0.2, -0.15) is 0 Å². The van der Waals surface area contributed by atoms with E-state index in [2.05, 4.69) is 4.98 Å². The molecule has 0 aliphatic carbocycles. The van der Waals surface area contributed by atoms with Crippen LogP contribution in [0.2, 0.25) is 0 Å². The second-order valence-corrected chi connectivity index (χ2v) is 6.37. The molecule has 122 valence electrons. The van der Waals surface area contributed by atoms with E-state index in [0.29, 0.717) is 37.6 Å². The predicted molar refractivity (Wildman–Crippen MR) is 89.1 cm³/mol. The van der Waals surface area contributed by atoms with Crippen LogP contribution in [0, 0.1) is 5.82 Å². The fraction of sp³-hybridized carbons (Fsp3) is 0.375. The first-order valence-corrected chi connectivity index (χ1v) is 8.51. The van der Waals surface area contributed by atoms with Gasteiger partial charge in [0.25, 0.3) is 0 Å². The number of benzene rings is 1. The number of nitrogens with zero attached hydrogens (tertiary/aromatic N) is 4. The summed E-state index contributed by atoms with van der Waals surface area (Å²) >= 11 is 1.44. The van der Waals surface area contributed by atoms with Crippen molar-refractivity contribution in [2.24, 2.45) is 7.05 Å². The maximum Gasteiger partial charge on any atom is 0.233 e. The Morgan fingerprint density at radius 2 is 2.00 bits per heavy atom. The van der Waals surface area contributed by atoms with Gasteiger partial charge < -0.3 is 14.4 Å². The van der Waals surface area contributed by atoms with E-state index in [-0.39, 0.29) is 11.7 Å². The topological polar surface area (TPSA) is 41.4 Å². The van der Waals surface area contributed by atoms with Crippen LogP contribution in [0.15, 0.2) is 41.8 Å². The summed E-state index contributed by atoms with van der Waals surface area (Å²) in [7, 11) is 1.91. The molecule has 1 saturated heterocycles. The van der Waals surface area contributed by atoms with Gasteiger partial charge in [-0.15, -0.1) is 0 Å². The van der Waals surface area contributed by atoms with E-state index in [0.717, 1.165) is 5.16 Å². The molecule has 2 heterocycles. The van der Waals surface area contributed by atoms with E-state index in [1.807, 2.05) is 33.7 Å². The highest BCUT2D eigenvalue weighted by atomic mass is 32.2. The molecule has 5 nitrogen and oxygen atoms in total. The molecule has 0 N–H and O–H groups in total. The lowest BCUT2D eigenvalue weighted by Crippen LogP contribution is -2.49. The highest BCUT2D eigenvalue weighted by molar-refractivity contribution is 7.99. The summed E-state index contributed by atoms with van der Waals surface area (Å²) in [5.41, 5.74) is 0.613. The van der Waals surface area contributed by atoms with E-state index in [4.69, 9.17) is 0 Å². The van der Waals surface area contributed by atoms with Gasteiger partial charge in [-0.1, -0.05) is 23.9 Å². The Bertz CT molecular complexity index is 682. The number of hydrogen-bond acceptors (Lipinski definition) is 4. The van der Waals surface area contributed by atoms with Crippen LogP contribution in [0.3, 0.4) is 0 Å². The summed E-state index contributed by atoms with van der Waals surface area (Å²) in [4.78, 5) is 20.3. The normalized spacial score (nSPS) is 15.0. The third-order valence-electron chi connectivity index (χ3n) is 3.93. The molecule has 1 aliphatic heterocycles. The Morgan fingerprint density at radius 3 is 2.65 bits per heavy atom. The number of piperazine rings is 1. The van der Waals surface area contributed by atoms with Gasteiger partial charge in [0.05, 0.1) is 11.4 Å². The lowest BCUT2D eigenvalue weighted by molar-refractivity contribution is -0.128. The zero-order valence-electron chi connectivity index (χ0n) is 13.0. The number of para-hydroxylation sites is 1. The minimum atomic E-state index is -0.211. The smallest absolute Gasteiger partial charge is 0.233 e. The molecular formula is C16H19FN4OS. The van der Waals surface area contributed by atoms with Gasteiger partial charge in [-0.3, -0.25) is 4.79 Å².